The van der Waals surface area contributed by atoms with E-state index in [-0.39, 0.29) is 0 Å². The number of aromatic nitrogens is 1. The lowest BCUT2D eigenvalue weighted by atomic mass is 10.2. The summed E-state index contributed by atoms with van der Waals surface area (Å²) in [7, 11) is 1.80. The minimum Gasteiger partial charge on any atom is -0.457 e. The van der Waals surface area contributed by atoms with Gasteiger partial charge in [-0.25, -0.2) is 0 Å². The summed E-state index contributed by atoms with van der Waals surface area (Å²) in [5.74, 6) is 1.20. The molecular formula is C13H14N4O2. The maximum atomic E-state index is 8.46. The highest BCUT2D eigenvalue weighted by atomic mass is 16.5. The van der Waals surface area contributed by atoms with Gasteiger partial charge < -0.3 is 21.0 Å². The van der Waals surface area contributed by atoms with Crippen molar-refractivity contribution in [3.8, 4) is 11.5 Å². The van der Waals surface area contributed by atoms with Gasteiger partial charge in [0.1, 0.15) is 11.5 Å². The van der Waals surface area contributed by atoms with Gasteiger partial charge in [0, 0.05) is 25.4 Å². The highest BCUT2D eigenvalue weighted by Gasteiger charge is 2.02. The lowest BCUT2D eigenvalue weighted by molar-refractivity contribution is 0.321. The summed E-state index contributed by atoms with van der Waals surface area (Å²) in [4.78, 5) is 3.99. The van der Waals surface area contributed by atoms with E-state index in [1.165, 1.54) is 6.21 Å². The van der Waals surface area contributed by atoms with Crippen LogP contribution in [0.2, 0.25) is 0 Å². The third-order valence-electron chi connectivity index (χ3n) is 2.47. The number of pyridine rings is 1. The Morgan fingerprint density at radius 3 is 2.79 bits per heavy atom. The van der Waals surface area contributed by atoms with E-state index in [0.29, 0.717) is 22.9 Å². The van der Waals surface area contributed by atoms with E-state index in [1.54, 1.807) is 31.4 Å². The molecule has 0 atom stereocenters. The molecule has 0 aliphatic rings. The van der Waals surface area contributed by atoms with E-state index in [2.05, 4.69) is 15.5 Å². The fourth-order valence-electron chi connectivity index (χ4n) is 1.59. The predicted molar refractivity (Wildman–Crippen MR) is 74.1 cm³/mol. The SMILES string of the molecule is CNc1ccc(Oc2ccnc(/C=N\O)c2)cc1N. The number of hydrogen-bond acceptors (Lipinski definition) is 6. The van der Waals surface area contributed by atoms with Crippen LogP contribution in [0.1, 0.15) is 5.69 Å². The predicted octanol–water partition coefficient (Wildman–Crippen LogP) is 2.31. The largest absolute Gasteiger partial charge is 0.457 e. The van der Waals surface area contributed by atoms with E-state index in [0.717, 1.165) is 5.69 Å². The Labute approximate surface area is 110 Å². The lowest BCUT2D eigenvalue weighted by Gasteiger charge is -2.09. The second-order valence-electron chi connectivity index (χ2n) is 3.76. The number of ether oxygens (including phenoxy) is 1. The number of oxime groups is 1. The molecule has 4 N–H and O–H groups in total. The van der Waals surface area contributed by atoms with Crippen molar-refractivity contribution in [1.82, 2.24) is 4.98 Å². The van der Waals surface area contributed by atoms with Crippen LogP contribution in [-0.2, 0) is 0 Å². The van der Waals surface area contributed by atoms with Crippen LogP contribution < -0.4 is 15.8 Å². The van der Waals surface area contributed by atoms with E-state index >= 15 is 0 Å². The number of nitrogens with one attached hydrogen (secondary N) is 1. The van der Waals surface area contributed by atoms with Gasteiger partial charge >= 0.3 is 0 Å². The van der Waals surface area contributed by atoms with E-state index in [1.807, 2.05) is 12.1 Å². The molecule has 0 amide bonds. The highest BCUT2D eigenvalue weighted by molar-refractivity contribution is 5.76. The molecule has 1 aromatic heterocycles. The number of nitrogens with zero attached hydrogens (tertiary/aromatic N) is 2. The second-order valence-corrected chi connectivity index (χ2v) is 3.76. The van der Waals surface area contributed by atoms with Crippen LogP contribution in [-0.4, -0.2) is 23.5 Å². The average Bonchev–Trinajstić information content (AvgIpc) is 2.40. The molecule has 0 aliphatic heterocycles. The van der Waals surface area contributed by atoms with Crippen molar-refractivity contribution in [2.45, 2.75) is 0 Å². The second kappa shape index (κ2) is 5.72. The molecule has 0 saturated heterocycles. The van der Waals surface area contributed by atoms with Crippen molar-refractivity contribution in [2.24, 2.45) is 5.16 Å². The highest BCUT2D eigenvalue weighted by Crippen LogP contribution is 2.27. The monoisotopic (exact) mass is 258 g/mol. The Balaban J connectivity index is 2.21. The summed E-state index contributed by atoms with van der Waals surface area (Å²) >= 11 is 0. The van der Waals surface area contributed by atoms with Gasteiger partial charge in [0.05, 0.1) is 23.3 Å². The van der Waals surface area contributed by atoms with Gasteiger partial charge in [-0.2, -0.15) is 0 Å². The smallest absolute Gasteiger partial charge is 0.131 e. The molecule has 19 heavy (non-hydrogen) atoms. The number of hydrogen-bond donors (Lipinski definition) is 3. The van der Waals surface area contributed by atoms with Crippen LogP contribution in [0.4, 0.5) is 11.4 Å². The minimum atomic E-state index is 0.500. The first kappa shape index (κ1) is 12.7. The molecule has 2 aromatic rings. The van der Waals surface area contributed by atoms with Gasteiger partial charge in [0.15, 0.2) is 0 Å². The van der Waals surface area contributed by atoms with Crippen molar-refractivity contribution in [3.05, 3.63) is 42.2 Å². The fraction of sp³-hybridized carbons (Fsp3) is 0.0769. The fourth-order valence-corrected chi connectivity index (χ4v) is 1.59. The van der Waals surface area contributed by atoms with Gasteiger partial charge in [0.25, 0.3) is 0 Å². The first-order valence-electron chi connectivity index (χ1n) is 5.61. The molecule has 1 heterocycles. The van der Waals surface area contributed by atoms with Gasteiger partial charge in [-0.05, 0) is 18.2 Å². The molecule has 0 bridgehead atoms. The molecule has 0 unspecified atom stereocenters. The normalized spacial score (nSPS) is 10.6. The zero-order valence-electron chi connectivity index (χ0n) is 10.4. The number of nitrogens with two attached hydrogens (primary N) is 1. The van der Waals surface area contributed by atoms with Gasteiger partial charge in [-0.15, -0.1) is 0 Å². The van der Waals surface area contributed by atoms with Crippen molar-refractivity contribution in [3.63, 3.8) is 0 Å². The standard InChI is InChI=1S/C13H14N4O2/c1-15-13-3-2-10(7-12(13)14)19-11-4-5-16-9(6-11)8-17-18/h2-8,15,18H,14H2,1H3/b17-8-. The summed E-state index contributed by atoms with van der Waals surface area (Å²) < 4.78 is 5.65. The van der Waals surface area contributed by atoms with Crippen LogP contribution in [0.25, 0.3) is 0 Å². The van der Waals surface area contributed by atoms with Crippen molar-refractivity contribution < 1.29 is 9.94 Å². The average molecular weight is 258 g/mol. The molecule has 0 spiro atoms. The first-order chi connectivity index (χ1) is 9.22. The van der Waals surface area contributed by atoms with Crippen molar-refractivity contribution in [2.75, 3.05) is 18.1 Å². The Morgan fingerprint density at radius 2 is 2.11 bits per heavy atom. The molecule has 98 valence electrons. The Morgan fingerprint density at radius 1 is 1.32 bits per heavy atom. The van der Waals surface area contributed by atoms with E-state index in [9.17, 15) is 0 Å². The van der Waals surface area contributed by atoms with Crippen molar-refractivity contribution in [1.29, 1.82) is 0 Å². The van der Waals surface area contributed by atoms with Crippen LogP contribution in [0.5, 0.6) is 11.5 Å². The zero-order chi connectivity index (χ0) is 13.7. The van der Waals surface area contributed by atoms with E-state index in [4.69, 9.17) is 15.7 Å². The number of rotatable bonds is 4. The topological polar surface area (TPSA) is 92.8 Å². The minimum absolute atomic E-state index is 0.500. The summed E-state index contributed by atoms with van der Waals surface area (Å²) in [6.45, 7) is 0. The summed E-state index contributed by atoms with van der Waals surface area (Å²) in [5, 5.41) is 14.4. The Hall–Kier alpha value is -2.76. The molecule has 6 heteroatoms. The number of benzene rings is 1. The third kappa shape index (κ3) is 3.12. The zero-order valence-corrected chi connectivity index (χ0v) is 10.4. The lowest BCUT2D eigenvalue weighted by Crippen LogP contribution is -1.96. The molecule has 0 saturated carbocycles. The summed E-state index contributed by atoms with van der Waals surface area (Å²) in [6, 6.07) is 8.73. The summed E-state index contributed by atoms with van der Waals surface area (Å²) in [6.07, 6.45) is 2.79. The quantitative estimate of drug-likeness (QED) is 0.338. The molecule has 0 aliphatic carbocycles. The van der Waals surface area contributed by atoms with E-state index < -0.39 is 0 Å². The molecule has 1 aromatic carbocycles. The summed E-state index contributed by atoms with van der Waals surface area (Å²) in [5.41, 5.74) is 7.80. The molecular weight excluding hydrogens is 244 g/mol. The van der Waals surface area contributed by atoms with Crippen LogP contribution in [0.15, 0.2) is 41.7 Å². The Bertz CT molecular complexity index is 599. The van der Waals surface area contributed by atoms with Crippen LogP contribution in [0, 0.1) is 0 Å². The maximum Gasteiger partial charge on any atom is 0.131 e. The van der Waals surface area contributed by atoms with Gasteiger partial charge in [-0.1, -0.05) is 5.16 Å². The maximum absolute atomic E-state index is 8.46. The van der Waals surface area contributed by atoms with Crippen molar-refractivity contribution >= 4 is 17.6 Å². The van der Waals surface area contributed by atoms with Crippen LogP contribution in [0.3, 0.4) is 0 Å². The number of nitrogen functional groups attached to an aromatic ring is 1. The Kier molecular flexibility index (Phi) is 3.82. The molecule has 0 fully saturated rings. The van der Waals surface area contributed by atoms with Crippen LogP contribution >= 0.6 is 0 Å². The molecule has 2 rings (SSSR count). The third-order valence-corrected chi connectivity index (χ3v) is 2.47. The molecule has 6 nitrogen and oxygen atoms in total. The molecule has 0 radical (unpaired) electrons. The number of anilines is 2. The first-order valence-corrected chi connectivity index (χ1v) is 5.61. The van der Waals surface area contributed by atoms with Gasteiger partial charge in [0.2, 0.25) is 0 Å². The van der Waals surface area contributed by atoms with Gasteiger partial charge in [-0.3, -0.25) is 4.98 Å².